The highest BCUT2D eigenvalue weighted by Gasteiger charge is 2.46. The molecule has 0 spiro atoms. The number of aliphatic carboxylic acids is 1. The zero-order valence-electron chi connectivity index (χ0n) is 11.1. The molecule has 2 fully saturated rings. The van der Waals surface area contributed by atoms with E-state index < -0.39 is 11.4 Å². The first kappa shape index (κ1) is 13.4. The summed E-state index contributed by atoms with van der Waals surface area (Å²) in [5.74, 6) is -0.680. The number of amides is 1. The molecule has 0 aliphatic heterocycles. The van der Waals surface area contributed by atoms with Gasteiger partial charge in [-0.15, -0.1) is 0 Å². The minimum absolute atomic E-state index is 0.0787. The molecule has 18 heavy (non-hydrogen) atoms. The van der Waals surface area contributed by atoms with E-state index in [-0.39, 0.29) is 11.3 Å². The Balaban J connectivity index is 1.93. The first-order chi connectivity index (χ1) is 8.55. The Bertz CT molecular complexity index is 341. The fourth-order valence-corrected chi connectivity index (χ4v) is 3.30. The van der Waals surface area contributed by atoms with Crippen molar-refractivity contribution in [2.75, 3.05) is 6.54 Å². The van der Waals surface area contributed by atoms with Gasteiger partial charge in [-0.3, -0.25) is 9.59 Å². The zero-order valence-corrected chi connectivity index (χ0v) is 11.1. The molecule has 0 aromatic heterocycles. The Kier molecular flexibility index (Phi) is 3.64. The van der Waals surface area contributed by atoms with Crippen LogP contribution < -0.4 is 5.32 Å². The van der Waals surface area contributed by atoms with E-state index in [4.69, 9.17) is 0 Å². The number of carboxylic acid groups (broad SMARTS) is 1. The van der Waals surface area contributed by atoms with Gasteiger partial charge in [0.1, 0.15) is 0 Å². The van der Waals surface area contributed by atoms with Gasteiger partial charge >= 0.3 is 5.97 Å². The molecule has 0 aromatic rings. The summed E-state index contributed by atoms with van der Waals surface area (Å²) in [6, 6.07) is 0. The van der Waals surface area contributed by atoms with Crippen LogP contribution in [0.5, 0.6) is 0 Å². The fourth-order valence-electron chi connectivity index (χ4n) is 3.30. The Morgan fingerprint density at radius 3 is 2.00 bits per heavy atom. The van der Waals surface area contributed by atoms with Crippen molar-refractivity contribution in [2.24, 2.45) is 10.8 Å². The van der Waals surface area contributed by atoms with Crippen molar-refractivity contribution < 1.29 is 14.7 Å². The largest absolute Gasteiger partial charge is 0.481 e. The number of carbonyl (C=O) groups excluding carboxylic acids is 1. The van der Waals surface area contributed by atoms with Gasteiger partial charge in [-0.25, -0.2) is 0 Å². The molecule has 1 amide bonds. The summed E-state index contributed by atoms with van der Waals surface area (Å²) in [6.07, 6.45) is 7.35. The van der Waals surface area contributed by atoms with E-state index in [1.54, 1.807) is 0 Å². The predicted molar refractivity (Wildman–Crippen MR) is 68.1 cm³/mol. The van der Waals surface area contributed by atoms with Gasteiger partial charge in [0.2, 0.25) is 5.91 Å². The number of rotatable bonds is 5. The molecular formula is C14H23NO3. The van der Waals surface area contributed by atoms with E-state index in [9.17, 15) is 14.7 Å². The Morgan fingerprint density at radius 1 is 1.06 bits per heavy atom. The molecule has 0 atom stereocenters. The van der Waals surface area contributed by atoms with Gasteiger partial charge in [0.25, 0.3) is 0 Å². The highest BCUT2D eigenvalue weighted by molar-refractivity contribution is 5.84. The third-order valence-electron chi connectivity index (χ3n) is 5.07. The standard InChI is InChI=1S/C14H23NO3/c1-2-13(6-3-4-7-13)11(16)15-10-14(12(17)18)8-5-9-14/h2-10H2,1H3,(H,15,16)(H,17,18). The predicted octanol–water partition coefficient (Wildman–Crippen LogP) is 2.33. The molecule has 4 heteroatoms. The van der Waals surface area contributed by atoms with Crippen molar-refractivity contribution in [1.29, 1.82) is 0 Å². The normalized spacial score (nSPS) is 24.3. The molecule has 4 nitrogen and oxygen atoms in total. The third kappa shape index (κ3) is 2.13. The summed E-state index contributed by atoms with van der Waals surface area (Å²) in [4.78, 5) is 23.5. The lowest BCUT2D eigenvalue weighted by Gasteiger charge is -2.38. The Labute approximate surface area is 108 Å². The van der Waals surface area contributed by atoms with Gasteiger partial charge in [-0.2, -0.15) is 0 Å². The maximum atomic E-state index is 12.3. The zero-order chi connectivity index (χ0) is 13.2. The number of carbonyl (C=O) groups is 2. The smallest absolute Gasteiger partial charge is 0.311 e. The molecule has 2 saturated carbocycles. The molecule has 0 bridgehead atoms. The van der Waals surface area contributed by atoms with Crippen molar-refractivity contribution >= 4 is 11.9 Å². The lowest BCUT2D eigenvalue weighted by molar-refractivity contribution is -0.154. The second-order valence-electron chi connectivity index (χ2n) is 5.96. The number of nitrogens with one attached hydrogen (secondary N) is 1. The van der Waals surface area contributed by atoms with Crippen LogP contribution in [0.4, 0.5) is 0 Å². The fraction of sp³-hybridized carbons (Fsp3) is 0.857. The molecule has 0 radical (unpaired) electrons. The first-order valence-corrected chi connectivity index (χ1v) is 7.06. The van der Waals surface area contributed by atoms with E-state index in [1.807, 2.05) is 0 Å². The topological polar surface area (TPSA) is 66.4 Å². The van der Waals surface area contributed by atoms with Crippen LogP contribution >= 0.6 is 0 Å². The highest BCUT2D eigenvalue weighted by atomic mass is 16.4. The van der Waals surface area contributed by atoms with Crippen LogP contribution in [-0.4, -0.2) is 23.5 Å². The van der Waals surface area contributed by atoms with Crippen molar-refractivity contribution in [2.45, 2.75) is 58.3 Å². The van der Waals surface area contributed by atoms with Crippen LogP contribution in [0.25, 0.3) is 0 Å². The summed E-state index contributed by atoms with van der Waals surface area (Å²) in [6.45, 7) is 2.37. The van der Waals surface area contributed by atoms with Gasteiger partial charge in [-0.1, -0.05) is 26.2 Å². The SMILES string of the molecule is CCC1(C(=O)NCC2(C(=O)O)CCC2)CCCC1. The lowest BCUT2D eigenvalue weighted by Crippen LogP contribution is -2.50. The summed E-state index contributed by atoms with van der Waals surface area (Å²) >= 11 is 0. The molecular weight excluding hydrogens is 230 g/mol. The minimum atomic E-state index is -0.758. The summed E-state index contributed by atoms with van der Waals surface area (Å²) in [5.41, 5.74) is -0.896. The van der Waals surface area contributed by atoms with E-state index in [1.165, 1.54) is 0 Å². The molecule has 0 aromatic carbocycles. The molecule has 102 valence electrons. The van der Waals surface area contributed by atoms with E-state index >= 15 is 0 Å². The van der Waals surface area contributed by atoms with Gasteiger partial charge in [0.05, 0.1) is 5.41 Å². The van der Waals surface area contributed by atoms with Gasteiger partial charge < -0.3 is 10.4 Å². The third-order valence-corrected chi connectivity index (χ3v) is 5.07. The monoisotopic (exact) mass is 253 g/mol. The molecule has 2 aliphatic carbocycles. The summed E-state index contributed by atoms with van der Waals surface area (Å²) in [5, 5.41) is 12.2. The van der Waals surface area contributed by atoms with Crippen molar-refractivity contribution in [3.05, 3.63) is 0 Å². The summed E-state index contributed by atoms with van der Waals surface area (Å²) < 4.78 is 0. The van der Waals surface area contributed by atoms with Crippen LogP contribution in [0.1, 0.15) is 58.3 Å². The Hall–Kier alpha value is -1.06. The Morgan fingerprint density at radius 2 is 1.61 bits per heavy atom. The van der Waals surface area contributed by atoms with Gasteiger partial charge in [0.15, 0.2) is 0 Å². The van der Waals surface area contributed by atoms with Crippen LogP contribution in [0.2, 0.25) is 0 Å². The minimum Gasteiger partial charge on any atom is -0.481 e. The van der Waals surface area contributed by atoms with E-state index in [0.717, 1.165) is 38.5 Å². The number of carboxylic acids is 1. The molecule has 0 saturated heterocycles. The van der Waals surface area contributed by atoms with Crippen molar-refractivity contribution in [3.8, 4) is 0 Å². The van der Waals surface area contributed by atoms with Crippen LogP contribution in [-0.2, 0) is 9.59 Å². The van der Waals surface area contributed by atoms with Crippen LogP contribution in [0.3, 0.4) is 0 Å². The molecule has 2 rings (SSSR count). The van der Waals surface area contributed by atoms with Crippen molar-refractivity contribution in [3.63, 3.8) is 0 Å². The van der Waals surface area contributed by atoms with Gasteiger partial charge in [0, 0.05) is 12.0 Å². The second kappa shape index (κ2) is 4.90. The second-order valence-corrected chi connectivity index (χ2v) is 5.96. The molecule has 0 heterocycles. The molecule has 2 aliphatic rings. The number of hydrogen-bond donors (Lipinski definition) is 2. The first-order valence-electron chi connectivity index (χ1n) is 7.06. The maximum absolute atomic E-state index is 12.3. The quantitative estimate of drug-likeness (QED) is 0.790. The highest BCUT2D eigenvalue weighted by Crippen LogP contribution is 2.43. The lowest BCUT2D eigenvalue weighted by atomic mass is 9.68. The number of hydrogen-bond acceptors (Lipinski definition) is 2. The van der Waals surface area contributed by atoms with Crippen LogP contribution in [0, 0.1) is 10.8 Å². The van der Waals surface area contributed by atoms with Crippen molar-refractivity contribution in [1.82, 2.24) is 5.32 Å². The molecule has 2 N–H and O–H groups in total. The molecule has 0 unspecified atom stereocenters. The average Bonchev–Trinajstić information content (AvgIpc) is 2.76. The maximum Gasteiger partial charge on any atom is 0.311 e. The van der Waals surface area contributed by atoms with Gasteiger partial charge in [-0.05, 0) is 32.1 Å². The van der Waals surface area contributed by atoms with E-state index in [0.29, 0.717) is 19.4 Å². The van der Waals surface area contributed by atoms with Crippen LogP contribution in [0.15, 0.2) is 0 Å². The summed E-state index contributed by atoms with van der Waals surface area (Å²) in [7, 11) is 0. The average molecular weight is 253 g/mol. The van der Waals surface area contributed by atoms with E-state index in [2.05, 4.69) is 12.2 Å².